The van der Waals surface area contributed by atoms with Crippen molar-refractivity contribution in [2.75, 3.05) is 26.3 Å². The van der Waals surface area contributed by atoms with Crippen LogP contribution in [0.25, 0.3) is 6.08 Å². The van der Waals surface area contributed by atoms with Crippen molar-refractivity contribution in [1.29, 1.82) is 0 Å². The first-order chi connectivity index (χ1) is 18.0. The van der Waals surface area contributed by atoms with Crippen LogP contribution in [0.15, 0.2) is 62.8 Å². The molecule has 5 rings (SSSR count). The van der Waals surface area contributed by atoms with E-state index in [4.69, 9.17) is 9.47 Å². The monoisotopic (exact) mass is 537 g/mol. The standard InChI is InChI=1S/C27H27N3O5S2/c1-3-34-26(33)23-17(2)28-27-30(24(23)20-7-6-14-36-20)25(32)21(37-27)15-18-8-10-19(11-9-18)35-16-22(31)29-12-4-5-13-29/h6-11,14-15,24H,3-5,12-13,16H2,1-2H3/b21-15+/t24-/m0/s1. The second kappa shape index (κ2) is 10.9. The molecule has 1 amide bonds. The second-order valence-corrected chi connectivity index (χ2v) is 10.8. The molecule has 4 heterocycles. The molecule has 1 atom stereocenters. The summed E-state index contributed by atoms with van der Waals surface area (Å²) in [5, 5.41) is 1.92. The van der Waals surface area contributed by atoms with Crippen molar-refractivity contribution in [3.63, 3.8) is 0 Å². The number of likely N-dealkylation sites (tertiary alicyclic amines) is 1. The van der Waals surface area contributed by atoms with Crippen molar-refractivity contribution in [1.82, 2.24) is 9.47 Å². The molecule has 0 unspecified atom stereocenters. The molecule has 192 valence electrons. The van der Waals surface area contributed by atoms with E-state index < -0.39 is 12.0 Å². The highest BCUT2D eigenvalue weighted by Gasteiger charge is 2.33. The summed E-state index contributed by atoms with van der Waals surface area (Å²) in [5.74, 6) is 0.134. The Hall–Kier alpha value is -3.50. The van der Waals surface area contributed by atoms with Crippen molar-refractivity contribution in [3.05, 3.63) is 83.2 Å². The van der Waals surface area contributed by atoms with Crippen LogP contribution in [0.1, 0.15) is 43.2 Å². The average Bonchev–Trinajstić information content (AvgIpc) is 3.66. The molecule has 1 saturated heterocycles. The number of aromatic nitrogens is 1. The fraction of sp³-hybridized carbons (Fsp3) is 0.333. The van der Waals surface area contributed by atoms with Gasteiger partial charge in [0, 0.05) is 18.0 Å². The van der Waals surface area contributed by atoms with E-state index in [0.29, 0.717) is 26.4 Å². The third-order valence-electron chi connectivity index (χ3n) is 6.33. The number of carbonyl (C=O) groups is 2. The minimum Gasteiger partial charge on any atom is -0.484 e. The van der Waals surface area contributed by atoms with Crippen molar-refractivity contribution in [2.45, 2.75) is 32.7 Å². The van der Waals surface area contributed by atoms with Crippen LogP contribution in [0, 0.1) is 0 Å². The zero-order valence-electron chi connectivity index (χ0n) is 20.6. The summed E-state index contributed by atoms with van der Waals surface area (Å²) < 4.78 is 13.1. The number of hydrogen-bond donors (Lipinski definition) is 0. The number of nitrogens with zero attached hydrogens (tertiary/aromatic N) is 3. The summed E-state index contributed by atoms with van der Waals surface area (Å²) in [6.45, 7) is 5.38. The van der Waals surface area contributed by atoms with Gasteiger partial charge >= 0.3 is 5.97 Å². The summed E-state index contributed by atoms with van der Waals surface area (Å²) in [5.41, 5.74) is 1.54. The molecule has 0 saturated carbocycles. The third kappa shape index (κ3) is 5.17. The van der Waals surface area contributed by atoms with E-state index in [1.807, 2.05) is 34.5 Å². The lowest BCUT2D eigenvalue weighted by atomic mass is 10.0. The number of amides is 1. The Morgan fingerprint density at radius 3 is 2.59 bits per heavy atom. The Morgan fingerprint density at radius 2 is 1.92 bits per heavy atom. The summed E-state index contributed by atoms with van der Waals surface area (Å²) in [4.78, 5) is 46.5. The smallest absolute Gasteiger partial charge is 0.338 e. The van der Waals surface area contributed by atoms with Gasteiger partial charge in [-0.15, -0.1) is 11.3 Å². The van der Waals surface area contributed by atoms with Crippen LogP contribution >= 0.6 is 22.7 Å². The van der Waals surface area contributed by atoms with Gasteiger partial charge in [0.05, 0.1) is 22.4 Å². The van der Waals surface area contributed by atoms with Gasteiger partial charge in [0.25, 0.3) is 11.5 Å². The minimum atomic E-state index is -0.582. The molecule has 10 heteroatoms. The van der Waals surface area contributed by atoms with Gasteiger partial charge in [0.2, 0.25) is 0 Å². The molecular weight excluding hydrogens is 510 g/mol. The van der Waals surface area contributed by atoms with Crippen LogP contribution in [0.4, 0.5) is 0 Å². The number of esters is 1. The number of rotatable bonds is 7. The summed E-state index contributed by atoms with van der Waals surface area (Å²) in [6, 6.07) is 10.5. The maximum absolute atomic E-state index is 13.6. The highest BCUT2D eigenvalue weighted by Crippen LogP contribution is 2.33. The topological polar surface area (TPSA) is 90.2 Å². The van der Waals surface area contributed by atoms with Gasteiger partial charge in [0.15, 0.2) is 11.4 Å². The number of benzene rings is 1. The first-order valence-electron chi connectivity index (χ1n) is 12.2. The van der Waals surface area contributed by atoms with E-state index in [2.05, 4.69) is 4.99 Å². The molecule has 0 spiro atoms. The van der Waals surface area contributed by atoms with Crippen LogP contribution in [-0.4, -0.2) is 47.6 Å². The zero-order chi connectivity index (χ0) is 25.9. The lowest BCUT2D eigenvalue weighted by Crippen LogP contribution is -2.39. The first kappa shape index (κ1) is 25.2. The van der Waals surface area contributed by atoms with Crippen molar-refractivity contribution < 1.29 is 19.1 Å². The SMILES string of the molecule is CCOC(=O)C1=C(C)N=c2s/c(=C/c3ccc(OCC(=O)N4CCCC4)cc3)c(=O)n2[C@H]1c1cccs1. The normalized spacial score (nSPS) is 17.5. The molecule has 2 aliphatic heterocycles. The van der Waals surface area contributed by atoms with E-state index in [1.165, 1.54) is 22.7 Å². The fourth-order valence-corrected chi connectivity index (χ4v) is 6.39. The predicted octanol–water partition coefficient (Wildman–Crippen LogP) is 2.86. The summed E-state index contributed by atoms with van der Waals surface area (Å²) in [6.07, 6.45) is 3.89. The molecule has 8 nitrogen and oxygen atoms in total. The summed E-state index contributed by atoms with van der Waals surface area (Å²) in [7, 11) is 0. The fourth-order valence-electron chi connectivity index (χ4n) is 4.52. The molecule has 0 aliphatic carbocycles. The van der Waals surface area contributed by atoms with Crippen LogP contribution in [0.2, 0.25) is 0 Å². The van der Waals surface area contributed by atoms with Crippen molar-refractivity contribution in [2.24, 2.45) is 4.99 Å². The number of thiophene rings is 1. The van der Waals surface area contributed by atoms with Crippen LogP contribution in [0.5, 0.6) is 5.75 Å². The Morgan fingerprint density at radius 1 is 1.16 bits per heavy atom. The van der Waals surface area contributed by atoms with E-state index in [-0.39, 0.29) is 24.7 Å². The van der Waals surface area contributed by atoms with E-state index in [9.17, 15) is 14.4 Å². The third-order valence-corrected chi connectivity index (χ3v) is 8.24. The number of ether oxygens (including phenoxy) is 2. The lowest BCUT2D eigenvalue weighted by Gasteiger charge is -2.23. The second-order valence-electron chi connectivity index (χ2n) is 8.76. The van der Waals surface area contributed by atoms with E-state index >= 15 is 0 Å². The lowest BCUT2D eigenvalue weighted by molar-refractivity contribution is -0.139. The molecule has 0 bridgehead atoms. The van der Waals surface area contributed by atoms with E-state index in [0.717, 1.165) is 36.4 Å². The van der Waals surface area contributed by atoms with Crippen molar-refractivity contribution >= 4 is 40.6 Å². The number of hydrogen-bond acceptors (Lipinski definition) is 8. The highest BCUT2D eigenvalue weighted by atomic mass is 32.1. The molecule has 2 aromatic heterocycles. The van der Waals surface area contributed by atoms with Gasteiger partial charge in [0.1, 0.15) is 11.8 Å². The van der Waals surface area contributed by atoms with Gasteiger partial charge in [-0.05, 0) is 61.9 Å². The first-order valence-corrected chi connectivity index (χ1v) is 13.9. The maximum atomic E-state index is 13.6. The molecule has 0 radical (unpaired) electrons. The zero-order valence-corrected chi connectivity index (χ0v) is 22.3. The average molecular weight is 538 g/mol. The summed E-state index contributed by atoms with van der Waals surface area (Å²) >= 11 is 2.77. The largest absolute Gasteiger partial charge is 0.484 e. The Balaban J connectivity index is 1.43. The maximum Gasteiger partial charge on any atom is 0.338 e. The van der Waals surface area contributed by atoms with Crippen molar-refractivity contribution in [3.8, 4) is 5.75 Å². The number of fused-ring (bicyclic) bond motifs is 1. The molecule has 1 fully saturated rings. The molecule has 3 aromatic rings. The van der Waals surface area contributed by atoms with Crippen LogP contribution in [-0.2, 0) is 14.3 Å². The molecule has 1 aromatic carbocycles. The van der Waals surface area contributed by atoms with Gasteiger partial charge in [-0.2, -0.15) is 0 Å². The molecule has 0 N–H and O–H groups in total. The van der Waals surface area contributed by atoms with Gasteiger partial charge in [-0.1, -0.05) is 29.5 Å². The Bertz CT molecular complexity index is 1510. The molecule has 37 heavy (non-hydrogen) atoms. The number of thiazole rings is 1. The van der Waals surface area contributed by atoms with Crippen LogP contribution in [0.3, 0.4) is 0 Å². The Kier molecular flexibility index (Phi) is 7.38. The van der Waals surface area contributed by atoms with Gasteiger partial charge in [-0.25, -0.2) is 9.79 Å². The predicted molar refractivity (Wildman–Crippen MR) is 142 cm³/mol. The quantitative estimate of drug-likeness (QED) is 0.433. The number of carbonyl (C=O) groups excluding carboxylic acids is 2. The van der Waals surface area contributed by atoms with E-state index in [1.54, 1.807) is 36.6 Å². The number of allylic oxidation sites excluding steroid dienone is 1. The van der Waals surface area contributed by atoms with Gasteiger partial charge < -0.3 is 14.4 Å². The minimum absolute atomic E-state index is 0.000428. The highest BCUT2D eigenvalue weighted by molar-refractivity contribution is 7.10. The molecule has 2 aliphatic rings. The molecular formula is C27H27N3O5S2. The Labute approximate surface area is 221 Å². The van der Waals surface area contributed by atoms with Gasteiger partial charge in [-0.3, -0.25) is 14.2 Å². The van der Waals surface area contributed by atoms with Crippen LogP contribution < -0.4 is 19.6 Å².